The fourth-order valence-corrected chi connectivity index (χ4v) is 2.97. The van der Waals surface area contributed by atoms with E-state index in [0.29, 0.717) is 6.42 Å². The van der Waals surface area contributed by atoms with E-state index >= 15 is 0 Å². The number of anilines is 1. The van der Waals surface area contributed by atoms with Gasteiger partial charge in [-0.2, -0.15) is 0 Å². The van der Waals surface area contributed by atoms with Crippen molar-refractivity contribution in [1.29, 1.82) is 0 Å². The van der Waals surface area contributed by atoms with Crippen molar-refractivity contribution in [3.8, 4) is 0 Å². The summed E-state index contributed by atoms with van der Waals surface area (Å²) in [5, 5.41) is 0. The van der Waals surface area contributed by atoms with Crippen LogP contribution in [0.4, 0.5) is 5.69 Å². The highest BCUT2D eigenvalue weighted by Gasteiger charge is 2.12. The molecule has 0 radical (unpaired) electrons. The van der Waals surface area contributed by atoms with Crippen LogP contribution in [0.5, 0.6) is 0 Å². The van der Waals surface area contributed by atoms with Crippen molar-refractivity contribution >= 4 is 17.0 Å². The van der Waals surface area contributed by atoms with Crippen LogP contribution >= 0.6 is 0 Å². The average molecular weight is 299 g/mol. The molecule has 0 saturated heterocycles. The minimum Gasteiger partial charge on any atom is -0.372 e. The number of allylic oxidation sites excluding steroid dienone is 2. The summed E-state index contributed by atoms with van der Waals surface area (Å²) in [5.41, 5.74) is 3.73. The molecule has 1 aliphatic rings. The zero-order valence-electron chi connectivity index (χ0n) is 14.1. The molecule has 1 aromatic carbocycles. The van der Waals surface area contributed by atoms with E-state index in [0.717, 1.165) is 25.9 Å². The number of carbonyl (C=O) groups is 1. The molecule has 0 aromatic heterocycles. The lowest BCUT2D eigenvalue weighted by atomic mass is 9.93. The monoisotopic (exact) mass is 299 g/mol. The minimum atomic E-state index is 0.276. The number of nitrogens with zero attached hydrogens (tertiary/aromatic N) is 1. The first-order chi connectivity index (χ1) is 10.7. The van der Waals surface area contributed by atoms with E-state index in [-0.39, 0.29) is 5.78 Å². The predicted octanol–water partition coefficient (Wildman–Crippen LogP) is 5.23. The number of benzene rings is 1. The van der Waals surface area contributed by atoms with Crippen LogP contribution in [0.2, 0.25) is 0 Å². The van der Waals surface area contributed by atoms with Gasteiger partial charge in [0, 0.05) is 25.2 Å². The second-order valence-electron chi connectivity index (χ2n) is 6.23. The zero-order chi connectivity index (χ0) is 15.8. The molecule has 0 atom stereocenters. The summed E-state index contributed by atoms with van der Waals surface area (Å²) in [7, 11) is 0. The van der Waals surface area contributed by atoms with Crippen molar-refractivity contribution in [3.63, 3.8) is 0 Å². The molecule has 0 spiro atoms. The Bertz CT molecular complexity index is 493. The third-order valence-corrected chi connectivity index (χ3v) is 4.37. The lowest BCUT2D eigenvalue weighted by Gasteiger charge is -2.25. The van der Waals surface area contributed by atoms with Crippen LogP contribution in [0.3, 0.4) is 0 Å². The van der Waals surface area contributed by atoms with E-state index in [1.807, 2.05) is 6.08 Å². The number of hydrogen-bond donors (Lipinski definition) is 0. The number of ketones is 1. The molecule has 120 valence electrons. The quantitative estimate of drug-likeness (QED) is 0.655. The number of carbonyl (C=O) groups excluding carboxylic acids is 1. The van der Waals surface area contributed by atoms with Crippen molar-refractivity contribution in [1.82, 2.24) is 0 Å². The zero-order valence-corrected chi connectivity index (χ0v) is 14.1. The standard InChI is InChI=1S/C20H29NO/c1-3-5-14-21(15-6-4-2)19-12-10-17(11-13-19)18-8-7-9-20(22)16-18/h10-13,16H,3-9,14-15H2,1-2H3. The van der Waals surface area contributed by atoms with Gasteiger partial charge >= 0.3 is 0 Å². The van der Waals surface area contributed by atoms with Gasteiger partial charge in [-0.15, -0.1) is 0 Å². The van der Waals surface area contributed by atoms with Gasteiger partial charge in [0.25, 0.3) is 0 Å². The van der Waals surface area contributed by atoms with Gasteiger partial charge in [-0.25, -0.2) is 0 Å². The normalized spacial score (nSPS) is 14.8. The fraction of sp³-hybridized carbons (Fsp3) is 0.550. The molecular weight excluding hydrogens is 270 g/mol. The molecule has 0 bridgehead atoms. The first-order valence-electron chi connectivity index (χ1n) is 8.83. The summed E-state index contributed by atoms with van der Waals surface area (Å²) in [5.74, 6) is 0.276. The molecule has 0 fully saturated rings. The van der Waals surface area contributed by atoms with Crippen molar-refractivity contribution in [2.75, 3.05) is 18.0 Å². The molecular formula is C20H29NO. The maximum atomic E-state index is 11.6. The third-order valence-electron chi connectivity index (χ3n) is 4.37. The fourth-order valence-electron chi connectivity index (χ4n) is 2.97. The largest absolute Gasteiger partial charge is 0.372 e. The van der Waals surface area contributed by atoms with E-state index in [9.17, 15) is 4.79 Å². The molecule has 2 nitrogen and oxygen atoms in total. The SMILES string of the molecule is CCCCN(CCCC)c1ccc(C2=CC(=O)CCC2)cc1. The second-order valence-corrected chi connectivity index (χ2v) is 6.23. The Labute approximate surface area is 135 Å². The number of hydrogen-bond acceptors (Lipinski definition) is 2. The molecule has 0 amide bonds. The van der Waals surface area contributed by atoms with E-state index in [1.54, 1.807) is 0 Å². The molecule has 22 heavy (non-hydrogen) atoms. The van der Waals surface area contributed by atoms with Gasteiger partial charge in [-0.3, -0.25) is 4.79 Å². The molecule has 2 rings (SSSR count). The van der Waals surface area contributed by atoms with Crippen LogP contribution in [-0.2, 0) is 4.79 Å². The van der Waals surface area contributed by atoms with Crippen LogP contribution in [0.15, 0.2) is 30.3 Å². The van der Waals surface area contributed by atoms with Crippen molar-refractivity contribution in [2.24, 2.45) is 0 Å². The lowest BCUT2D eigenvalue weighted by Crippen LogP contribution is -2.25. The Balaban J connectivity index is 2.09. The van der Waals surface area contributed by atoms with E-state index < -0.39 is 0 Å². The van der Waals surface area contributed by atoms with E-state index in [1.165, 1.54) is 42.5 Å². The topological polar surface area (TPSA) is 20.3 Å². The van der Waals surface area contributed by atoms with Crippen molar-refractivity contribution in [3.05, 3.63) is 35.9 Å². The molecule has 0 saturated carbocycles. The van der Waals surface area contributed by atoms with Gasteiger partial charge in [0.05, 0.1) is 0 Å². The van der Waals surface area contributed by atoms with Crippen LogP contribution in [0.25, 0.3) is 5.57 Å². The molecule has 0 aliphatic heterocycles. The summed E-state index contributed by atoms with van der Waals surface area (Å²) < 4.78 is 0. The second kappa shape index (κ2) is 8.77. The molecule has 2 heteroatoms. The summed E-state index contributed by atoms with van der Waals surface area (Å²) in [6.07, 6.45) is 9.52. The summed E-state index contributed by atoms with van der Waals surface area (Å²) in [4.78, 5) is 14.1. The minimum absolute atomic E-state index is 0.276. The van der Waals surface area contributed by atoms with Crippen LogP contribution < -0.4 is 4.90 Å². The first kappa shape index (κ1) is 16.8. The van der Waals surface area contributed by atoms with Crippen molar-refractivity contribution in [2.45, 2.75) is 58.8 Å². The van der Waals surface area contributed by atoms with Crippen LogP contribution in [0.1, 0.15) is 64.4 Å². The van der Waals surface area contributed by atoms with E-state index in [2.05, 4.69) is 43.0 Å². The average Bonchev–Trinajstić information content (AvgIpc) is 2.55. The van der Waals surface area contributed by atoms with Gasteiger partial charge in [0.15, 0.2) is 5.78 Å². The van der Waals surface area contributed by atoms with Crippen molar-refractivity contribution < 1.29 is 4.79 Å². The highest BCUT2D eigenvalue weighted by Crippen LogP contribution is 2.27. The smallest absolute Gasteiger partial charge is 0.155 e. The Morgan fingerprint density at radius 3 is 2.14 bits per heavy atom. The Kier molecular flexibility index (Phi) is 6.70. The molecule has 0 N–H and O–H groups in total. The van der Waals surface area contributed by atoms with Crippen LogP contribution in [-0.4, -0.2) is 18.9 Å². The summed E-state index contributed by atoms with van der Waals surface area (Å²) in [6, 6.07) is 8.82. The van der Waals surface area contributed by atoms with Gasteiger partial charge < -0.3 is 4.90 Å². The highest BCUT2D eigenvalue weighted by molar-refractivity contribution is 5.98. The van der Waals surface area contributed by atoms with Gasteiger partial charge in [0.1, 0.15) is 0 Å². The van der Waals surface area contributed by atoms with Gasteiger partial charge in [-0.1, -0.05) is 38.8 Å². The Morgan fingerprint density at radius 2 is 1.59 bits per heavy atom. The molecule has 0 heterocycles. The van der Waals surface area contributed by atoms with Crippen LogP contribution in [0, 0.1) is 0 Å². The first-order valence-corrected chi connectivity index (χ1v) is 8.83. The number of rotatable bonds is 8. The summed E-state index contributed by atoms with van der Waals surface area (Å²) >= 11 is 0. The molecule has 1 aliphatic carbocycles. The van der Waals surface area contributed by atoms with E-state index in [4.69, 9.17) is 0 Å². The predicted molar refractivity (Wildman–Crippen MR) is 95.3 cm³/mol. The molecule has 1 aromatic rings. The lowest BCUT2D eigenvalue weighted by molar-refractivity contribution is -0.114. The Morgan fingerprint density at radius 1 is 0.955 bits per heavy atom. The maximum Gasteiger partial charge on any atom is 0.155 e. The maximum absolute atomic E-state index is 11.6. The number of unbranched alkanes of at least 4 members (excludes halogenated alkanes) is 2. The Hall–Kier alpha value is -1.57. The van der Waals surface area contributed by atoms with Gasteiger partial charge in [-0.05, 0) is 55.0 Å². The highest BCUT2D eigenvalue weighted by atomic mass is 16.1. The third kappa shape index (κ3) is 4.72. The van der Waals surface area contributed by atoms with Gasteiger partial charge in [0.2, 0.25) is 0 Å². The summed E-state index contributed by atoms with van der Waals surface area (Å²) in [6.45, 7) is 6.76. The molecule has 0 unspecified atom stereocenters.